The highest BCUT2D eigenvalue weighted by atomic mass is 16.3. The third kappa shape index (κ3) is 2.84. The number of aliphatic hydroxyl groups excluding tert-OH is 1. The molecular formula is C18H27N5O. The van der Waals surface area contributed by atoms with Crippen LogP contribution in [0.15, 0.2) is 18.2 Å². The van der Waals surface area contributed by atoms with E-state index in [1.807, 2.05) is 0 Å². The van der Waals surface area contributed by atoms with Crippen molar-refractivity contribution in [3.8, 4) is 0 Å². The maximum Gasteiger partial charge on any atom is 0.201 e. The van der Waals surface area contributed by atoms with E-state index in [-0.39, 0.29) is 6.10 Å². The van der Waals surface area contributed by atoms with Crippen molar-refractivity contribution in [3.63, 3.8) is 0 Å². The van der Waals surface area contributed by atoms with Gasteiger partial charge in [-0.2, -0.15) is 0 Å². The Kier molecular flexibility index (Phi) is 4.10. The number of aromatic nitrogens is 2. The first-order chi connectivity index (χ1) is 11.6. The molecule has 3 N–H and O–H groups in total. The SMILES string of the molecule is CN1CCN(c2ccc3nc(N)n([C@H]4CC[C@@H](O)CC4)c3c2)CC1. The fourth-order valence-corrected chi connectivity index (χ4v) is 4.06. The van der Waals surface area contributed by atoms with E-state index in [2.05, 4.69) is 44.6 Å². The lowest BCUT2D eigenvalue weighted by molar-refractivity contribution is 0.112. The first kappa shape index (κ1) is 15.7. The summed E-state index contributed by atoms with van der Waals surface area (Å²) < 4.78 is 2.20. The molecule has 2 aromatic rings. The van der Waals surface area contributed by atoms with Gasteiger partial charge in [-0.3, -0.25) is 0 Å². The Bertz CT molecular complexity index is 712. The molecule has 4 rings (SSSR count). The largest absolute Gasteiger partial charge is 0.393 e. The van der Waals surface area contributed by atoms with Crippen LogP contribution in [-0.4, -0.2) is 58.9 Å². The van der Waals surface area contributed by atoms with E-state index >= 15 is 0 Å². The summed E-state index contributed by atoms with van der Waals surface area (Å²) in [5, 5.41) is 9.78. The van der Waals surface area contributed by atoms with Gasteiger partial charge in [-0.15, -0.1) is 0 Å². The summed E-state index contributed by atoms with van der Waals surface area (Å²) in [5.74, 6) is 0.599. The molecule has 0 bridgehead atoms. The van der Waals surface area contributed by atoms with Gasteiger partial charge in [0.2, 0.25) is 5.95 Å². The average Bonchev–Trinajstić information content (AvgIpc) is 2.91. The Balaban J connectivity index is 1.66. The molecule has 2 aliphatic rings. The second-order valence-electron chi connectivity index (χ2n) is 7.27. The minimum atomic E-state index is -0.154. The number of nitrogens with two attached hydrogens (primary N) is 1. The summed E-state index contributed by atoms with van der Waals surface area (Å²) in [6, 6.07) is 6.85. The van der Waals surface area contributed by atoms with Crippen LogP contribution < -0.4 is 10.6 Å². The van der Waals surface area contributed by atoms with E-state index in [0.29, 0.717) is 12.0 Å². The van der Waals surface area contributed by atoms with Gasteiger partial charge in [-0.1, -0.05) is 0 Å². The Labute approximate surface area is 142 Å². The molecule has 0 amide bonds. The van der Waals surface area contributed by atoms with E-state index in [1.165, 1.54) is 5.69 Å². The molecule has 2 heterocycles. The number of likely N-dealkylation sites (N-methyl/N-ethyl adjacent to an activating group) is 1. The summed E-state index contributed by atoms with van der Waals surface area (Å²) in [7, 11) is 2.17. The monoisotopic (exact) mass is 329 g/mol. The number of aliphatic hydroxyl groups is 1. The first-order valence-corrected chi connectivity index (χ1v) is 9.01. The molecule has 0 unspecified atom stereocenters. The van der Waals surface area contributed by atoms with Crippen molar-refractivity contribution in [1.82, 2.24) is 14.5 Å². The molecule has 6 nitrogen and oxygen atoms in total. The predicted octanol–water partition coefficient (Wildman–Crippen LogP) is 1.85. The van der Waals surface area contributed by atoms with Gasteiger partial charge in [-0.05, 0) is 50.9 Å². The summed E-state index contributed by atoms with van der Waals surface area (Å²) in [4.78, 5) is 9.36. The van der Waals surface area contributed by atoms with Crippen molar-refractivity contribution >= 4 is 22.7 Å². The van der Waals surface area contributed by atoms with Gasteiger partial charge < -0.3 is 25.2 Å². The number of hydrogen-bond acceptors (Lipinski definition) is 5. The van der Waals surface area contributed by atoms with Crippen LogP contribution in [0.1, 0.15) is 31.7 Å². The number of imidazole rings is 1. The van der Waals surface area contributed by atoms with Crippen LogP contribution in [0.25, 0.3) is 11.0 Å². The third-order valence-corrected chi connectivity index (χ3v) is 5.60. The zero-order valence-corrected chi connectivity index (χ0v) is 14.4. The van der Waals surface area contributed by atoms with Crippen LogP contribution in [-0.2, 0) is 0 Å². The lowest BCUT2D eigenvalue weighted by atomic mass is 9.93. The number of anilines is 2. The third-order valence-electron chi connectivity index (χ3n) is 5.60. The number of fused-ring (bicyclic) bond motifs is 1. The molecule has 1 saturated carbocycles. The van der Waals surface area contributed by atoms with Gasteiger partial charge in [0.1, 0.15) is 0 Å². The van der Waals surface area contributed by atoms with Gasteiger partial charge in [0.15, 0.2) is 0 Å². The van der Waals surface area contributed by atoms with Gasteiger partial charge in [-0.25, -0.2) is 4.98 Å². The van der Waals surface area contributed by atoms with Gasteiger partial charge in [0.25, 0.3) is 0 Å². The molecule has 0 radical (unpaired) electrons. The van der Waals surface area contributed by atoms with Gasteiger partial charge >= 0.3 is 0 Å². The van der Waals surface area contributed by atoms with E-state index < -0.39 is 0 Å². The van der Waals surface area contributed by atoms with Crippen molar-refractivity contribution < 1.29 is 5.11 Å². The van der Waals surface area contributed by atoms with Crippen LogP contribution in [0.5, 0.6) is 0 Å². The summed E-state index contributed by atoms with van der Waals surface area (Å²) in [6.45, 7) is 4.31. The standard InChI is InChI=1S/C18H27N5O/c1-21-8-10-22(11-9-21)14-4-7-16-17(12-14)23(18(19)20-16)13-2-5-15(24)6-3-13/h4,7,12-13,15,24H,2-3,5-6,8-11H2,1H3,(H2,19,20)/t13-,15+. The van der Waals surface area contributed by atoms with Crippen LogP contribution >= 0.6 is 0 Å². The number of nitrogen functional groups attached to an aromatic ring is 1. The van der Waals surface area contributed by atoms with Crippen molar-refractivity contribution in [2.24, 2.45) is 0 Å². The highest BCUT2D eigenvalue weighted by molar-refractivity contribution is 5.82. The molecular weight excluding hydrogens is 302 g/mol. The van der Waals surface area contributed by atoms with Crippen LogP contribution in [0.4, 0.5) is 11.6 Å². The fraction of sp³-hybridized carbons (Fsp3) is 0.611. The van der Waals surface area contributed by atoms with Crippen molar-refractivity contribution in [2.45, 2.75) is 37.8 Å². The van der Waals surface area contributed by atoms with E-state index in [4.69, 9.17) is 5.73 Å². The normalized spacial score (nSPS) is 26.2. The van der Waals surface area contributed by atoms with E-state index in [0.717, 1.165) is 62.9 Å². The highest BCUT2D eigenvalue weighted by Gasteiger charge is 2.24. The molecule has 6 heteroatoms. The Morgan fingerprint density at radius 2 is 1.79 bits per heavy atom. The molecule has 1 aromatic carbocycles. The second kappa shape index (κ2) is 6.26. The first-order valence-electron chi connectivity index (χ1n) is 9.01. The number of benzene rings is 1. The van der Waals surface area contributed by atoms with Crippen LogP contribution in [0.3, 0.4) is 0 Å². The summed E-state index contributed by atoms with van der Waals surface area (Å²) in [6.07, 6.45) is 3.48. The molecule has 2 fully saturated rings. The molecule has 1 aliphatic carbocycles. The molecule has 130 valence electrons. The number of nitrogens with zero attached hydrogens (tertiary/aromatic N) is 4. The molecule has 0 atom stereocenters. The van der Waals surface area contributed by atoms with Crippen LogP contribution in [0, 0.1) is 0 Å². The molecule has 1 aromatic heterocycles. The van der Waals surface area contributed by atoms with Crippen molar-refractivity contribution in [1.29, 1.82) is 0 Å². The lowest BCUT2D eigenvalue weighted by Gasteiger charge is -2.34. The topological polar surface area (TPSA) is 70.5 Å². The molecule has 1 aliphatic heterocycles. The molecule has 24 heavy (non-hydrogen) atoms. The van der Waals surface area contributed by atoms with Gasteiger partial charge in [0, 0.05) is 37.9 Å². The Morgan fingerprint density at radius 1 is 1.08 bits per heavy atom. The fourth-order valence-electron chi connectivity index (χ4n) is 4.06. The lowest BCUT2D eigenvalue weighted by Crippen LogP contribution is -2.44. The van der Waals surface area contributed by atoms with Gasteiger partial charge in [0.05, 0.1) is 17.1 Å². The average molecular weight is 329 g/mol. The zero-order valence-electron chi connectivity index (χ0n) is 14.4. The minimum Gasteiger partial charge on any atom is -0.393 e. The Hall–Kier alpha value is -1.79. The number of piperazine rings is 1. The smallest absolute Gasteiger partial charge is 0.201 e. The molecule has 1 saturated heterocycles. The quantitative estimate of drug-likeness (QED) is 0.880. The Morgan fingerprint density at radius 3 is 2.50 bits per heavy atom. The summed E-state index contributed by atoms with van der Waals surface area (Å²) in [5.41, 5.74) is 9.59. The van der Waals surface area contributed by atoms with E-state index in [1.54, 1.807) is 0 Å². The summed E-state index contributed by atoms with van der Waals surface area (Å²) >= 11 is 0. The highest BCUT2D eigenvalue weighted by Crippen LogP contribution is 2.34. The van der Waals surface area contributed by atoms with Crippen molar-refractivity contribution in [3.05, 3.63) is 18.2 Å². The maximum atomic E-state index is 9.78. The minimum absolute atomic E-state index is 0.154. The van der Waals surface area contributed by atoms with Crippen molar-refractivity contribution in [2.75, 3.05) is 43.9 Å². The second-order valence-corrected chi connectivity index (χ2v) is 7.27. The predicted molar refractivity (Wildman–Crippen MR) is 97.4 cm³/mol. The zero-order chi connectivity index (χ0) is 16.7. The molecule has 0 spiro atoms. The number of hydrogen-bond donors (Lipinski definition) is 2. The number of rotatable bonds is 2. The van der Waals surface area contributed by atoms with E-state index in [9.17, 15) is 5.11 Å². The van der Waals surface area contributed by atoms with Crippen LogP contribution in [0.2, 0.25) is 0 Å². The maximum absolute atomic E-state index is 9.78.